The van der Waals surface area contributed by atoms with Gasteiger partial charge in [-0.2, -0.15) is 0 Å². The first kappa shape index (κ1) is 19.4. The van der Waals surface area contributed by atoms with E-state index in [2.05, 4.69) is 4.72 Å². The van der Waals surface area contributed by atoms with E-state index in [0.717, 1.165) is 23.7 Å². The highest BCUT2D eigenvalue weighted by atomic mass is 35.5. The smallest absolute Gasteiger partial charge is 0.264 e. The van der Waals surface area contributed by atoms with Crippen LogP contribution in [0.4, 0.5) is 10.1 Å². The molecule has 1 N–H and O–H groups in total. The van der Waals surface area contributed by atoms with Crippen molar-refractivity contribution >= 4 is 58.3 Å². The van der Waals surface area contributed by atoms with Gasteiger partial charge in [-0.3, -0.25) is 9.52 Å². The van der Waals surface area contributed by atoms with Crippen LogP contribution < -0.4 is 14.4 Å². The summed E-state index contributed by atoms with van der Waals surface area (Å²) >= 11 is 19.2. The second-order valence-electron chi connectivity index (χ2n) is 5.67. The Balaban J connectivity index is 1.66. The van der Waals surface area contributed by atoms with Gasteiger partial charge < -0.3 is 9.64 Å². The molecule has 26 heavy (non-hydrogen) atoms. The highest BCUT2D eigenvalue weighted by molar-refractivity contribution is 7.97. The molecule has 138 valence electrons. The van der Waals surface area contributed by atoms with Crippen molar-refractivity contribution in [3.8, 4) is 5.75 Å². The van der Waals surface area contributed by atoms with E-state index in [4.69, 9.17) is 39.5 Å². The highest BCUT2D eigenvalue weighted by Crippen LogP contribution is 2.33. The molecule has 3 rings (SSSR count). The monoisotopic (exact) mass is 434 g/mol. The minimum atomic E-state index is -0.686. The molecule has 1 heterocycles. The van der Waals surface area contributed by atoms with Crippen LogP contribution in [-0.2, 0) is 0 Å². The van der Waals surface area contributed by atoms with Crippen molar-refractivity contribution in [1.82, 2.24) is 4.72 Å². The first-order chi connectivity index (χ1) is 12.4. The van der Waals surface area contributed by atoms with Crippen LogP contribution in [-0.4, -0.2) is 31.4 Å². The molecule has 1 fully saturated rings. The number of amides is 1. The lowest BCUT2D eigenvalue weighted by Crippen LogP contribution is -2.54. The van der Waals surface area contributed by atoms with Crippen LogP contribution in [0.1, 0.15) is 10.4 Å². The van der Waals surface area contributed by atoms with Crippen molar-refractivity contribution in [3.63, 3.8) is 0 Å². The zero-order chi connectivity index (χ0) is 18.8. The fourth-order valence-electron chi connectivity index (χ4n) is 2.57. The third-order valence-corrected chi connectivity index (χ3v) is 4.94. The molecule has 4 nitrogen and oxygen atoms in total. The van der Waals surface area contributed by atoms with Gasteiger partial charge in [0.2, 0.25) is 0 Å². The lowest BCUT2D eigenvalue weighted by atomic mass is 10.1. The first-order valence-electron chi connectivity index (χ1n) is 7.57. The number of nitrogens with zero attached hydrogens (tertiary/aromatic N) is 1. The number of carbonyl (C=O) groups is 1. The average molecular weight is 436 g/mol. The number of carbonyl (C=O) groups excluding carboxylic acids is 1. The van der Waals surface area contributed by atoms with E-state index in [1.54, 1.807) is 12.3 Å². The number of hydrogen-bond acceptors (Lipinski definition) is 4. The Morgan fingerprint density at radius 3 is 2.46 bits per heavy atom. The molecule has 0 spiro atoms. The summed E-state index contributed by atoms with van der Waals surface area (Å²) in [5.41, 5.74) is 0.768. The van der Waals surface area contributed by atoms with Crippen LogP contribution in [0, 0.1) is 5.82 Å². The summed E-state index contributed by atoms with van der Waals surface area (Å²) in [5, 5.41) is 1.30. The molecule has 0 bridgehead atoms. The molecule has 0 aromatic heterocycles. The fourth-order valence-corrected chi connectivity index (χ4v) is 3.58. The Labute approximate surface area is 169 Å². The Bertz CT molecular complexity index is 827. The van der Waals surface area contributed by atoms with Crippen LogP contribution in [0.3, 0.4) is 0 Å². The van der Waals surface area contributed by atoms with Crippen molar-refractivity contribution in [1.29, 1.82) is 0 Å². The standard InChI is InChI=1S/C17H14Cl3FN2O2S/c1-26-22-17(24)13-5-14(20)16(6-15(13)21)25-12-7-23(8-12)11-3-9(18)2-10(19)4-11/h2-6,12H,7-8H2,1H3,(H,22,24). The number of rotatable bonds is 5. The quantitative estimate of drug-likeness (QED) is 0.667. The number of hydrogen-bond donors (Lipinski definition) is 1. The molecule has 1 saturated heterocycles. The molecular formula is C17H14Cl3FN2O2S. The maximum Gasteiger partial charge on any atom is 0.264 e. The molecule has 0 radical (unpaired) electrons. The average Bonchev–Trinajstić information content (AvgIpc) is 2.52. The van der Waals surface area contributed by atoms with Crippen LogP contribution in [0.25, 0.3) is 0 Å². The van der Waals surface area contributed by atoms with E-state index in [1.807, 2.05) is 17.0 Å². The molecule has 2 aromatic rings. The third kappa shape index (κ3) is 4.31. The van der Waals surface area contributed by atoms with Gasteiger partial charge in [-0.25, -0.2) is 4.39 Å². The molecular weight excluding hydrogens is 422 g/mol. The topological polar surface area (TPSA) is 41.6 Å². The van der Waals surface area contributed by atoms with Gasteiger partial charge in [-0.05, 0) is 24.3 Å². The summed E-state index contributed by atoms with van der Waals surface area (Å²) in [6.07, 6.45) is 1.51. The van der Waals surface area contributed by atoms with Crippen LogP contribution in [0.15, 0.2) is 30.3 Å². The summed E-state index contributed by atoms with van der Waals surface area (Å²) < 4.78 is 22.4. The lowest BCUT2D eigenvalue weighted by Gasteiger charge is -2.41. The molecule has 0 atom stereocenters. The number of ether oxygens (including phenoxy) is 1. The molecule has 1 aliphatic heterocycles. The molecule has 9 heteroatoms. The van der Waals surface area contributed by atoms with Crippen LogP contribution in [0.2, 0.25) is 15.1 Å². The molecule has 2 aromatic carbocycles. The maximum atomic E-state index is 14.2. The van der Waals surface area contributed by atoms with Crippen molar-refractivity contribution in [2.45, 2.75) is 6.10 Å². The van der Waals surface area contributed by atoms with E-state index in [-0.39, 0.29) is 22.4 Å². The normalized spacial score (nSPS) is 14.1. The molecule has 0 unspecified atom stereocenters. The first-order valence-corrected chi connectivity index (χ1v) is 9.93. The zero-order valence-electron chi connectivity index (χ0n) is 13.6. The van der Waals surface area contributed by atoms with E-state index in [9.17, 15) is 9.18 Å². The van der Waals surface area contributed by atoms with Gasteiger partial charge in [0.25, 0.3) is 5.91 Å². The lowest BCUT2D eigenvalue weighted by molar-refractivity contribution is 0.0980. The van der Waals surface area contributed by atoms with Gasteiger partial charge >= 0.3 is 0 Å². The number of benzene rings is 2. The molecule has 0 saturated carbocycles. The van der Waals surface area contributed by atoms with Crippen molar-refractivity contribution in [2.75, 3.05) is 24.2 Å². The summed E-state index contributed by atoms with van der Waals surface area (Å²) in [5.74, 6) is -1.02. The van der Waals surface area contributed by atoms with Gasteiger partial charge in [-0.15, -0.1) is 0 Å². The Morgan fingerprint density at radius 2 is 1.85 bits per heavy atom. The summed E-state index contributed by atoms with van der Waals surface area (Å²) in [6, 6.07) is 7.70. The fraction of sp³-hybridized carbons (Fsp3) is 0.235. The van der Waals surface area contributed by atoms with Gasteiger partial charge in [0.15, 0.2) is 0 Å². The summed E-state index contributed by atoms with van der Waals surface area (Å²) in [7, 11) is 0. The van der Waals surface area contributed by atoms with E-state index < -0.39 is 11.7 Å². The van der Waals surface area contributed by atoms with Crippen molar-refractivity contribution in [2.24, 2.45) is 0 Å². The van der Waals surface area contributed by atoms with Crippen LogP contribution in [0.5, 0.6) is 5.75 Å². The molecule has 0 aliphatic carbocycles. The van der Waals surface area contributed by atoms with Gasteiger partial charge in [0, 0.05) is 28.1 Å². The van der Waals surface area contributed by atoms with Crippen LogP contribution >= 0.6 is 46.8 Å². The van der Waals surface area contributed by atoms with E-state index in [1.165, 1.54) is 6.07 Å². The minimum absolute atomic E-state index is 0.125. The SMILES string of the molecule is CSNC(=O)c1cc(Cl)c(OC2CN(c3cc(Cl)cc(Cl)c3)C2)cc1F. The maximum absolute atomic E-state index is 14.2. The van der Waals surface area contributed by atoms with E-state index >= 15 is 0 Å². The van der Waals surface area contributed by atoms with Gasteiger partial charge in [0.05, 0.1) is 23.7 Å². The third-order valence-electron chi connectivity index (χ3n) is 3.82. The summed E-state index contributed by atoms with van der Waals surface area (Å²) in [6.45, 7) is 1.17. The van der Waals surface area contributed by atoms with Crippen molar-refractivity contribution < 1.29 is 13.9 Å². The number of nitrogens with one attached hydrogen (secondary N) is 1. The van der Waals surface area contributed by atoms with Gasteiger partial charge in [-0.1, -0.05) is 46.8 Å². The van der Waals surface area contributed by atoms with Crippen molar-refractivity contribution in [3.05, 3.63) is 56.8 Å². The second kappa shape index (κ2) is 8.13. The highest BCUT2D eigenvalue weighted by Gasteiger charge is 2.30. The largest absolute Gasteiger partial charge is 0.485 e. The Kier molecular flexibility index (Phi) is 6.07. The van der Waals surface area contributed by atoms with Gasteiger partial charge in [0.1, 0.15) is 17.7 Å². The Hall–Kier alpha value is -1.34. The number of anilines is 1. The predicted molar refractivity (Wildman–Crippen MR) is 105 cm³/mol. The Morgan fingerprint density at radius 1 is 1.19 bits per heavy atom. The predicted octanol–water partition coefficient (Wildman–Crippen LogP) is 5.06. The number of halogens is 4. The second-order valence-corrected chi connectivity index (χ2v) is 7.56. The zero-order valence-corrected chi connectivity index (χ0v) is 16.6. The summed E-state index contributed by atoms with van der Waals surface area (Å²) in [4.78, 5) is 13.8. The van der Waals surface area contributed by atoms with E-state index in [0.29, 0.717) is 23.1 Å². The minimum Gasteiger partial charge on any atom is -0.485 e. The molecule has 1 aliphatic rings. The molecule has 1 amide bonds.